The number of aliphatic hydroxyl groups excluding tert-OH is 1. The second kappa shape index (κ2) is 9.37. The molecule has 0 unspecified atom stereocenters. The Morgan fingerprint density at radius 3 is 2.69 bits per heavy atom. The Bertz CT molecular complexity index is 1210. The summed E-state index contributed by atoms with van der Waals surface area (Å²) in [6.07, 6.45) is 6.26. The van der Waals surface area contributed by atoms with Crippen molar-refractivity contribution in [3.63, 3.8) is 0 Å². The molecule has 0 bridgehead atoms. The molecule has 2 N–H and O–H groups in total. The number of fused-ring (bicyclic) bond motifs is 1. The van der Waals surface area contributed by atoms with Crippen LogP contribution >= 0.6 is 12.2 Å². The molecule has 0 spiro atoms. The average molecular weight is 454 g/mol. The van der Waals surface area contributed by atoms with Crippen LogP contribution in [-0.2, 0) is 13.2 Å². The number of aryl methyl sites for hydroxylation is 1. The van der Waals surface area contributed by atoms with Crippen molar-refractivity contribution in [2.24, 2.45) is 0 Å². The summed E-state index contributed by atoms with van der Waals surface area (Å²) in [6.45, 7) is 4.65. The molecule has 1 saturated heterocycles. The van der Waals surface area contributed by atoms with Crippen molar-refractivity contribution < 1.29 is 9.90 Å². The van der Waals surface area contributed by atoms with Crippen LogP contribution in [0.1, 0.15) is 22.8 Å². The molecule has 3 aromatic rings. The minimum Gasteiger partial charge on any atom is -0.391 e. The molecule has 0 atom stereocenters. The van der Waals surface area contributed by atoms with Gasteiger partial charge >= 0.3 is 0 Å². The first-order chi connectivity index (χ1) is 15.5. The van der Waals surface area contributed by atoms with Crippen molar-refractivity contribution in [3.8, 4) is 0 Å². The molecule has 3 aromatic heterocycles. The predicted octanol–water partition coefficient (Wildman–Crippen LogP) is 0.536. The number of nitrogens with zero attached hydrogens (tertiary/aromatic N) is 6. The maximum Gasteiger partial charge on any atom is 0.258 e. The van der Waals surface area contributed by atoms with Gasteiger partial charge < -0.3 is 19.5 Å². The maximum atomic E-state index is 12.5. The van der Waals surface area contributed by atoms with Gasteiger partial charge in [0, 0.05) is 63.1 Å². The zero-order valence-electron chi connectivity index (χ0n) is 17.6. The van der Waals surface area contributed by atoms with E-state index in [9.17, 15) is 14.7 Å². The normalized spacial score (nSPS) is 13.9. The van der Waals surface area contributed by atoms with Gasteiger partial charge in [-0.1, -0.05) is 0 Å². The van der Waals surface area contributed by atoms with Gasteiger partial charge in [-0.15, -0.1) is 0 Å². The minimum absolute atomic E-state index is 0.252. The molecule has 1 aliphatic rings. The van der Waals surface area contributed by atoms with Crippen LogP contribution in [0.2, 0.25) is 0 Å². The quantitative estimate of drug-likeness (QED) is 0.546. The van der Waals surface area contributed by atoms with Crippen LogP contribution in [0.4, 0.5) is 5.95 Å². The monoisotopic (exact) mass is 453 g/mol. The van der Waals surface area contributed by atoms with E-state index in [1.165, 1.54) is 12.4 Å². The van der Waals surface area contributed by atoms with E-state index in [2.05, 4.69) is 20.3 Å². The highest BCUT2D eigenvalue weighted by atomic mass is 32.1. The third kappa shape index (κ3) is 4.30. The van der Waals surface area contributed by atoms with Gasteiger partial charge in [-0.25, -0.2) is 4.98 Å². The molecule has 1 amide bonds. The van der Waals surface area contributed by atoms with Crippen LogP contribution < -0.4 is 15.6 Å². The first-order valence-electron chi connectivity index (χ1n) is 10.3. The Morgan fingerprint density at radius 2 is 2.03 bits per heavy atom. The van der Waals surface area contributed by atoms with Gasteiger partial charge in [0.1, 0.15) is 5.65 Å². The number of anilines is 1. The highest BCUT2D eigenvalue weighted by molar-refractivity contribution is 7.80. The van der Waals surface area contributed by atoms with E-state index < -0.39 is 0 Å². The lowest BCUT2D eigenvalue weighted by Gasteiger charge is -2.36. The van der Waals surface area contributed by atoms with Gasteiger partial charge in [0.15, 0.2) is 10.5 Å². The van der Waals surface area contributed by atoms with Crippen LogP contribution in [0.5, 0.6) is 0 Å². The number of rotatable bonds is 4. The smallest absolute Gasteiger partial charge is 0.258 e. The second-order valence-electron chi connectivity index (χ2n) is 7.31. The molecule has 10 nitrogen and oxygen atoms in total. The third-order valence-corrected chi connectivity index (χ3v) is 5.74. The van der Waals surface area contributed by atoms with E-state index >= 15 is 0 Å². The van der Waals surface area contributed by atoms with Crippen molar-refractivity contribution in [3.05, 3.63) is 58.3 Å². The van der Waals surface area contributed by atoms with Gasteiger partial charge in [-0.05, 0) is 31.3 Å². The molecule has 0 aliphatic carbocycles. The SMILES string of the molecule is CCn1cc(CO)c(=O)c2cnc(N3CCN(C(=S)NC(=O)c4cccnc4)CC3)nc21. The number of piperazine rings is 1. The van der Waals surface area contributed by atoms with Gasteiger partial charge in [0.2, 0.25) is 5.95 Å². The second-order valence-corrected chi connectivity index (χ2v) is 7.70. The lowest BCUT2D eigenvalue weighted by molar-refractivity contribution is 0.0972. The van der Waals surface area contributed by atoms with E-state index in [1.54, 1.807) is 24.5 Å². The first kappa shape index (κ1) is 21.8. The van der Waals surface area contributed by atoms with Gasteiger partial charge in [0.25, 0.3) is 5.91 Å². The highest BCUT2D eigenvalue weighted by Gasteiger charge is 2.23. The molecular weight excluding hydrogens is 430 g/mol. The van der Waals surface area contributed by atoms with Crippen LogP contribution in [0, 0.1) is 0 Å². The Kier molecular flexibility index (Phi) is 6.37. The summed E-state index contributed by atoms with van der Waals surface area (Å²) < 4.78 is 1.84. The van der Waals surface area contributed by atoms with E-state index in [0.29, 0.717) is 65.9 Å². The minimum atomic E-state index is -0.324. The summed E-state index contributed by atoms with van der Waals surface area (Å²) in [5, 5.41) is 12.9. The van der Waals surface area contributed by atoms with Crippen molar-refractivity contribution in [2.45, 2.75) is 20.1 Å². The molecule has 11 heteroatoms. The molecule has 4 rings (SSSR count). The standard InChI is InChI=1S/C21H23N7O3S/c1-2-26-12-15(13-29)17(30)16-11-23-20(24-18(16)26)27-6-8-28(9-7-27)21(32)25-19(31)14-4-3-5-22-10-14/h3-5,10-12,29H,2,6-9,13H2,1H3,(H,25,31,32). The number of pyridine rings is 2. The fourth-order valence-electron chi connectivity index (χ4n) is 3.58. The van der Waals surface area contributed by atoms with E-state index in [4.69, 9.17) is 12.2 Å². The molecule has 32 heavy (non-hydrogen) atoms. The first-order valence-corrected chi connectivity index (χ1v) is 10.7. The number of hydrogen-bond donors (Lipinski definition) is 2. The van der Waals surface area contributed by atoms with E-state index in [1.807, 2.05) is 21.3 Å². The number of carbonyl (C=O) groups is 1. The largest absolute Gasteiger partial charge is 0.391 e. The van der Waals surface area contributed by atoms with Crippen LogP contribution in [0.3, 0.4) is 0 Å². The Morgan fingerprint density at radius 1 is 1.25 bits per heavy atom. The van der Waals surface area contributed by atoms with Gasteiger partial charge in [-0.3, -0.25) is 19.9 Å². The molecule has 0 aromatic carbocycles. The van der Waals surface area contributed by atoms with Crippen LogP contribution in [0.25, 0.3) is 11.0 Å². The fourth-order valence-corrected chi connectivity index (χ4v) is 3.86. The molecular formula is C21H23N7O3S. The predicted molar refractivity (Wildman–Crippen MR) is 123 cm³/mol. The summed E-state index contributed by atoms with van der Waals surface area (Å²) in [5.41, 5.74) is 1.06. The molecule has 1 fully saturated rings. The summed E-state index contributed by atoms with van der Waals surface area (Å²) in [6, 6.07) is 3.38. The zero-order chi connectivity index (χ0) is 22.7. The van der Waals surface area contributed by atoms with Crippen molar-refractivity contribution in [2.75, 3.05) is 31.1 Å². The average Bonchev–Trinajstić information content (AvgIpc) is 2.84. The van der Waals surface area contributed by atoms with Gasteiger partial charge in [-0.2, -0.15) is 4.98 Å². The molecule has 0 saturated carbocycles. The lowest BCUT2D eigenvalue weighted by Crippen LogP contribution is -2.53. The number of carbonyl (C=O) groups excluding carboxylic acids is 1. The third-order valence-electron chi connectivity index (χ3n) is 5.38. The van der Waals surface area contributed by atoms with Crippen molar-refractivity contribution in [1.29, 1.82) is 0 Å². The molecule has 166 valence electrons. The van der Waals surface area contributed by atoms with Crippen LogP contribution in [0.15, 0.2) is 41.7 Å². The number of amides is 1. The lowest BCUT2D eigenvalue weighted by atomic mass is 10.2. The van der Waals surface area contributed by atoms with Crippen molar-refractivity contribution in [1.82, 2.24) is 29.7 Å². The number of nitrogens with one attached hydrogen (secondary N) is 1. The van der Waals surface area contributed by atoms with Crippen molar-refractivity contribution >= 4 is 40.2 Å². The molecule has 0 radical (unpaired) electrons. The molecule has 1 aliphatic heterocycles. The summed E-state index contributed by atoms with van der Waals surface area (Å²) >= 11 is 5.40. The summed E-state index contributed by atoms with van der Waals surface area (Å²) in [4.78, 5) is 41.7. The number of thiocarbonyl (C=S) groups is 1. The van der Waals surface area contributed by atoms with E-state index in [-0.39, 0.29) is 17.9 Å². The number of hydrogen-bond acceptors (Lipinski definition) is 8. The summed E-state index contributed by atoms with van der Waals surface area (Å²) in [7, 11) is 0. The highest BCUT2D eigenvalue weighted by Crippen LogP contribution is 2.16. The van der Waals surface area contributed by atoms with E-state index in [0.717, 1.165) is 0 Å². The fraction of sp³-hybridized carbons (Fsp3) is 0.333. The zero-order valence-corrected chi connectivity index (χ0v) is 18.4. The number of aliphatic hydroxyl groups is 1. The van der Waals surface area contributed by atoms with Gasteiger partial charge in [0.05, 0.1) is 17.6 Å². The summed E-state index contributed by atoms with van der Waals surface area (Å²) in [5.74, 6) is 0.240. The molecule has 4 heterocycles. The Balaban J connectivity index is 1.45. The Labute approximate surface area is 189 Å². The topological polar surface area (TPSA) is 116 Å². The van der Waals surface area contributed by atoms with Crippen LogP contribution in [-0.4, -0.2) is 66.7 Å². The Hall–Kier alpha value is -3.44. The maximum absolute atomic E-state index is 12.5. The number of aromatic nitrogens is 4.